The molecule has 2 aromatic rings. The maximum Gasteiger partial charge on any atom is 0.274 e. The van der Waals surface area contributed by atoms with Crippen LogP contribution >= 0.6 is 0 Å². The summed E-state index contributed by atoms with van der Waals surface area (Å²) in [7, 11) is 0. The molecule has 2 heterocycles. The molecule has 0 radical (unpaired) electrons. The average Bonchev–Trinajstić information content (AvgIpc) is 2.66. The van der Waals surface area contributed by atoms with Gasteiger partial charge in [-0.25, -0.2) is 0 Å². The summed E-state index contributed by atoms with van der Waals surface area (Å²) in [5, 5.41) is 6.21. The fourth-order valence-corrected chi connectivity index (χ4v) is 3.56. The van der Waals surface area contributed by atoms with Crippen molar-refractivity contribution < 1.29 is 4.79 Å². The van der Waals surface area contributed by atoms with E-state index >= 15 is 0 Å². The van der Waals surface area contributed by atoms with E-state index in [1.165, 1.54) is 6.42 Å². The Morgan fingerprint density at radius 1 is 1.27 bits per heavy atom. The molecule has 0 aliphatic carbocycles. The summed E-state index contributed by atoms with van der Waals surface area (Å²) in [6.07, 6.45) is 4.52. The third-order valence-electron chi connectivity index (χ3n) is 5.14. The highest BCUT2D eigenvalue weighted by Crippen LogP contribution is 2.22. The molecular weight excluding hydrogens is 326 g/mol. The third-order valence-corrected chi connectivity index (χ3v) is 5.14. The van der Waals surface area contributed by atoms with Crippen molar-refractivity contribution in [1.29, 1.82) is 0 Å². The van der Waals surface area contributed by atoms with E-state index in [9.17, 15) is 9.59 Å². The Hall–Kier alpha value is -2.40. The van der Waals surface area contributed by atoms with Crippen molar-refractivity contribution in [3.63, 3.8) is 0 Å². The molecule has 5 nitrogen and oxygen atoms in total. The van der Waals surface area contributed by atoms with Crippen molar-refractivity contribution in [2.75, 3.05) is 18.4 Å². The van der Waals surface area contributed by atoms with Crippen LogP contribution < -0.4 is 16.2 Å². The maximum absolute atomic E-state index is 12.6. The van der Waals surface area contributed by atoms with Crippen LogP contribution in [0.5, 0.6) is 0 Å². The number of rotatable bonds is 6. The zero-order valence-electron chi connectivity index (χ0n) is 15.3. The summed E-state index contributed by atoms with van der Waals surface area (Å²) in [6.45, 7) is 4.66. The number of carbonyl (C=O) groups excluding carboxylic acids is 1. The first-order chi connectivity index (χ1) is 12.6. The lowest BCUT2D eigenvalue weighted by molar-refractivity contribution is -0.117. The van der Waals surface area contributed by atoms with Gasteiger partial charge >= 0.3 is 0 Å². The highest BCUT2D eigenvalue weighted by atomic mass is 16.2. The predicted octanol–water partition coefficient (Wildman–Crippen LogP) is 2.86. The number of aromatic nitrogens is 1. The lowest BCUT2D eigenvalue weighted by Crippen LogP contribution is -2.35. The van der Waals surface area contributed by atoms with Crippen LogP contribution in [0.15, 0.2) is 53.5 Å². The van der Waals surface area contributed by atoms with Crippen LogP contribution in [0.2, 0.25) is 0 Å². The van der Waals surface area contributed by atoms with E-state index in [-0.39, 0.29) is 11.5 Å². The van der Waals surface area contributed by atoms with Gasteiger partial charge < -0.3 is 15.2 Å². The highest BCUT2D eigenvalue weighted by Gasteiger charge is 2.22. The van der Waals surface area contributed by atoms with E-state index in [0.29, 0.717) is 30.5 Å². The van der Waals surface area contributed by atoms with Gasteiger partial charge in [-0.05, 0) is 55.5 Å². The van der Waals surface area contributed by atoms with E-state index in [0.717, 1.165) is 25.1 Å². The minimum absolute atomic E-state index is 0.0855. The number of nitrogens with one attached hydrogen (secondary N) is 2. The van der Waals surface area contributed by atoms with Gasteiger partial charge in [0.05, 0.1) is 6.54 Å². The second-order valence-electron chi connectivity index (χ2n) is 7.18. The van der Waals surface area contributed by atoms with Crippen molar-refractivity contribution in [1.82, 2.24) is 9.88 Å². The number of benzene rings is 1. The summed E-state index contributed by atoms with van der Waals surface area (Å²) < 4.78 is 1.62. The summed E-state index contributed by atoms with van der Waals surface area (Å²) in [5.74, 6) is 0.746. The fourth-order valence-electron chi connectivity index (χ4n) is 3.56. The Bertz CT molecular complexity index is 779. The topological polar surface area (TPSA) is 63.1 Å². The van der Waals surface area contributed by atoms with Gasteiger partial charge in [-0.1, -0.05) is 37.3 Å². The Morgan fingerprint density at radius 3 is 2.81 bits per heavy atom. The molecule has 1 saturated heterocycles. The smallest absolute Gasteiger partial charge is 0.274 e. The Morgan fingerprint density at radius 2 is 2.08 bits per heavy atom. The van der Waals surface area contributed by atoms with E-state index in [1.807, 2.05) is 30.3 Å². The van der Waals surface area contributed by atoms with Crippen LogP contribution in [-0.4, -0.2) is 23.6 Å². The van der Waals surface area contributed by atoms with Gasteiger partial charge in [-0.15, -0.1) is 0 Å². The predicted molar refractivity (Wildman–Crippen MR) is 104 cm³/mol. The number of amides is 1. The molecule has 1 aromatic carbocycles. The monoisotopic (exact) mass is 353 g/mol. The van der Waals surface area contributed by atoms with Crippen LogP contribution in [0.4, 0.5) is 5.69 Å². The van der Waals surface area contributed by atoms with E-state index in [1.54, 1.807) is 22.9 Å². The molecule has 0 spiro atoms. The normalized spacial score (nSPS) is 18.3. The van der Waals surface area contributed by atoms with E-state index in [2.05, 4.69) is 17.6 Å². The van der Waals surface area contributed by atoms with E-state index in [4.69, 9.17) is 0 Å². The quantitative estimate of drug-likeness (QED) is 0.839. The van der Waals surface area contributed by atoms with Crippen molar-refractivity contribution >= 4 is 11.6 Å². The molecule has 5 heteroatoms. The standard InChI is InChI=1S/C21H27N3O2/c1-16(18-9-5-11-22-14-18)13-20(25)23-19-10-6-12-24(21(19)26)15-17-7-3-2-4-8-17/h2-4,6-8,10,12,16,18,22H,5,9,11,13-15H2,1H3,(H,23,25). The number of pyridine rings is 1. The average molecular weight is 353 g/mol. The minimum Gasteiger partial charge on any atom is -0.321 e. The van der Waals surface area contributed by atoms with Crippen molar-refractivity contribution in [3.8, 4) is 0 Å². The molecule has 1 amide bonds. The van der Waals surface area contributed by atoms with Crippen LogP contribution in [0, 0.1) is 11.8 Å². The molecule has 0 saturated carbocycles. The molecular formula is C21H27N3O2. The SMILES string of the molecule is CC(CC(=O)Nc1cccn(Cc2ccccc2)c1=O)C1CCCNC1. The zero-order valence-corrected chi connectivity index (χ0v) is 15.3. The maximum atomic E-state index is 12.6. The van der Waals surface area contributed by atoms with Gasteiger partial charge in [0, 0.05) is 12.6 Å². The van der Waals surface area contributed by atoms with Crippen molar-refractivity contribution in [3.05, 3.63) is 64.6 Å². The number of carbonyl (C=O) groups is 1. The summed E-state index contributed by atoms with van der Waals surface area (Å²) in [4.78, 5) is 25.0. The first-order valence-electron chi connectivity index (χ1n) is 9.37. The molecule has 3 rings (SSSR count). The largest absolute Gasteiger partial charge is 0.321 e. The molecule has 138 valence electrons. The Kier molecular flexibility index (Phi) is 6.23. The molecule has 2 N–H and O–H groups in total. The molecule has 1 aromatic heterocycles. The van der Waals surface area contributed by atoms with Crippen molar-refractivity contribution in [2.45, 2.75) is 32.7 Å². The van der Waals surface area contributed by atoms with Gasteiger partial charge in [0.15, 0.2) is 0 Å². The highest BCUT2D eigenvalue weighted by molar-refractivity contribution is 5.90. The molecule has 1 aliphatic heterocycles. The second-order valence-corrected chi connectivity index (χ2v) is 7.18. The van der Waals surface area contributed by atoms with Gasteiger partial charge in [0.1, 0.15) is 5.69 Å². The molecule has 2 unspecified atom stereocenters. The number of anilines is 1. The summed E-state index contributed by atoms with van der Waals surface area (Å²) >= 11 is 0. The number of hydrogen-bond acceptors (Lipinski definition) is 3. The number of piperidine rings is 1. The lowest BCUT2D eigenvalue weighted by Gasteiger charge is -2.28. The molecule has 1 aliphatic rings. The summed E-state index contributed by atoms with van der Waals surface area (Å²) in [5.41, 5.74) is 1.23. The second kappa shape index (κ2) is 8.81. The first-order valence-corrected chi connectivity index (χ1v) is 9.37. The Labute approximate surface area is 154 Å². The van der Waals surface area contributed by atoms with Crippen molar-refractivity contribution in [2.24, 2.45) is 11.8 Å². The van der Waals surface area contributed by atoms with Crippen LogP contribution in [-0.2, 0) is 11.3 Å². The van der Waals surface area contributed by atoms with Crippen LogP contribution in [0.3, 0.4) is 0 Å². The van der Waals surface area contributed by atoms with Gasteiger partial charge in [0.25, 0.3) is 5.56 Å². The van der Waals surface area contributed by atoms with E-state index < -0.39 is 0 Å². The first kappa shape index (κ1) is 18.4. The molecule has 1 fully saturated rings. The van der Waals surface area contributed by atoms with Crippen LogP contribution in [0.1, 0.15) is 31.7 Å². The van der Waals surface area contributed by atoms with Crippen LogP contribution in [0.25, 0.3) is 0 Å². The van der Waals surface area contributed by atoms with Gasteiger partial charge in [-0.2, -0.15) is 0 Å². The third kappa shape index (κ3) is 4.82. The minimum atomic E-state index is -0.170. The molecule has 26 heavy (non-hydrogen) atoms. The Balaban J connectivity index is 1.63. The summed E-state index contributed by atoms with van der Waals surface area (Å²) in [6, 6.07) is 13.3. The number of hydrogen-bond donors (Lipinski definition) is 2. The molecule has 0 bridgehead atoms. The van der Waals surface area contributed by atoms with Gasteiger partial charge in [-0.3, -0.25) is 9.59 Å². The fraction of sp³-hybridized carbons (Fsp3) is 0.429. The lowest BCUT2D eigenvalue weighted by atomic mass is 9.85. The zero-order chi connectivity index (χ0) is 18.4. The molecule has 2 atom stereocenters. The number of nitrogens with zero attached hydrogens (tertiary/aromatic N) is 1. The van der Waals surface area contributed by atoms with Gasteiger partial charge in [0.2, 0.25) is 5.91 Å².